The molecule has 3 aliphatic rings. The van der Waals surface area contributed by atoms with E-state index < -0.39 is 23.6 Å². The highest BCUT2D eigenvalue weighted by Crippen LogP contribution is 2.55. The largest absolute Gasteiger partial charge is 0.423 e. The Balaban J connectivity index is 1.65. The van der Waals surface area contributed by atoms with E-state index in [0.29, 0.717) is 30.3 Å². The van der Waals surface area contributed by atoms with Gasteiger partial charge >= 0.3 is 12.2 Å². The minimum atomic E-state index is -0.918. The normalized spacial score (nSPS) is 20.0. The Kier molecular flexibility index (Phi) is 6.39. The molecule has 1 aromatic heterocycles. The third kappa shape index (κ3) is 4.77. The Bertz CT molecular complexity index is 1220. The van der Waals surface area contributed by atoms with Crippen LogP contribution in [-0.4, -0.2) is 52.3 Å². The predicted octanol–water partition coefficient (Wildman–Crippen LogP) is 4.14. The number of nitrogens with zero attached hydrogens (tertiary/aromatic N) is 3. The summed E-state index contributed by atoms with van der Waals surface area (Å²) in [4.78, 5) is 44.1. The summed E-state index contributed by atoms with van der Waals surface area (Å²) in [6.45, 7) is 8.62. The lowest BCUT2D eigenvalue weighted by Gasteiger charge is -2.42. The Morgan fingerprint density at radius 2 is 1.54 bits per heavy atom. The number of ether oxygens (including phenoxy) is 1. The zero-order valence-corrected chi connectivity index (χ0v) is 21.7. The van der Waals surface area contributed by atoms with Crippen LogP contribution >= 0.6 is 0 Å². The summed E-state index contributed by atoms with van der Waals surface area (Å²) in [7, 11) is 0. The van der Waals surface area contributed by atoms with Gasteiger partial charge in [0.1, 0.15) is 0 Å². The molecule has 0 radical (unpaired) electrons. The highest BCUT2D eigenvalue weighted by Gasteiger charge is 2.46. The summed E-state index contributed by atoms with van der Waals surface area (Å²) in [6.07, 6.45) is 2.30. The van der Waals surface area contributed by atoms with E-state index in [0.717, 1.165) is 61.3 Å². The fraction of sp³-hybridized carbons (Fsp3) is 0.519. The molecule has 5 rings (SSSR count). The molecule has 3 amide bonds. The van der Waals surface area contributed by atoms with Crippen LogP contribution in [0, 0.1) is 5.41 Å². The SMILES string of the molecule is CC(C)(C)C1c2c(OC(N)=O)c(-c3ccc(C(=O)N4CCCC4)cc3)c(C3CC3)n2CCN1OC(N)=O. The third-order valence-electron chi connectivity index (χ3n) is 7.40. The average Bonchev–Trinajstić information content (AvgIpc) is 3.41. The number of primary amides is 2. The lowest BCUT2D eigenvalue weighted by atomic mass is 9.83. The number of hydroxylamine groups is 2. The van der Waals surface area contributed by atoms with Gasteiger partial charge in [0.25, 0.3) is 5.91 Å². The molecule has 10 heteroatoms. The minimum absolute atomic E-state index is 0.0308. The Labute approximate surface area is 216 Å². The van der Waals surface area contributed by atoms with Gasteiger partial charge in [-0.15, -0.1) is 5.06 Å². The van der Waals surface area contributed by atoms with Gasteiger partial charge in [-0.2, -0.15) is 0 Å². The van der Waals surface area contributed by atoms with Crippen LogP contribution in [0.3, 0.4) is 0 Å². The van der Waals surface area contributed by atoms with E-state index in [1.165, 1.54) is 0 Å². The van der Waals surface area contributed by atoms with Gasteiger partial charge in [0.2, 0.25) is 0 Å². The van der Waals surface area contributed by atoms with Crippen molar-refractivity contribution in [3.63, 3.8) is 0 Å². The van der Waals surface area contributed by atoms with Crippen molar-refractivity contribution >= 4 is 18.1 Å². The Morgan fingerprint density at radius 3 is 2.08 bits per heavy atom. The molecule has 1 aliphatic carbocycles. The van der Waals surface area contributed by atoms with Crippen molar-refractivity contribution in [3.8, 4) is 16.9 Å². The molecule has 37 heavy (non-hydrogen) atoms. The molecule has 1 unspecified atom stereocenters. The summed E-state index contributed by atoms with van der Waals surface area (Å²) in [5, 5.41) is 1.57. The van der Waals surface area contributed by atoms with E-state index in [2.05, 4.69) is 4.57 Å². The highest BCUT2D eigenvalue weighted by molar-refractivity contribution is 5.95. The lowest BCUT2D eigenvalue weighted by molar-refractivity contribution is -0.168. The number of hydrogen-bond donors (Lipinski definition) is 2. The number of carbonyl (C=O) groups is 3. The van der Waals surface area contributed by atoms with Crippen LogP contribution in [0.25, 0.3) is 11.1 Å². The van der Waals surface area contributed by atoms with Gasteiger partial charge < -0.3 is 30.5 Å². The second kappa shape index (κ2) is 9.41. The molecule has 2 aliphatic heterocycles. The highest BCUT2D eigenvalue weighted by atomic mass is 16.7. The first-order chi connectivity index (χ1) is 17.6. The van der Waals surface area contributed by atoms with Crippen molar-refractivity contribution in [2.24, 2.45) is 16.9 Å². The topological polar surface area (TPSA) is 133 Å². The van der Waals surface area contributed by atoms with E-state index in [-0.39, 0.29) is 5.91 Å². The maximum Gasteiger partial charge on any atom is 0.423 e. The second-order valence-corrected chi connectivity index (χ2v) is 11.2. The first-order valence-corrected chi connectivity index (χ1v) is 12.9. The predicted molar refractivity (Wildman–Crippen MR) is 137 cm³/mol. The first kappa shape index (κ1) is 25.1. The maximum atomic E-state index is 12.9. The summed E-state index contributed by atoms with van der Waals surface area (Å²) in [5.41, 5.74) is 14.6. The second-order valence-electron chi connectivity index (χ2n) is 11.2. The standard InChI is InChI=1S/C27H35N5O5/c1-27(2,3)23-21-22(36-25(28)34)19(16-6-10-18(11-7-16)24(33)30-12-4-5-13-30)20(17-8-9-17)31(21)14-15-32(23)37-26(29)35/h6-7,10-11,17,23H,4-5,8-9,12-15H2,1-3H3,(H2,28,34)(H2,29,35). The molecule has 2 aromatic rings. The van der Waals surface area contributed by atoms with Gasteiger partial charge in [0, 0.05) is 42.4 Å². The van der Waals surface area contributed by atoms with E-state index in [1.807, 2.05) is 49.9 Å². The number of rotatable bonds is 5. The maximum absolute atomic E-state index is 12.9. The van der Waals surface area contributed by atoms with Gasteiger partial charge in [-0.05, 0) is 48.8 Å². The molecule has 0 spiro atoms. The monoisotopic (exact) mass is 509 g/mol. The summed E-state index contributed by atoms with van der Waals surface area (Å²) in [6, 6.07) is 7.05. The number of nitrogens with two attached hydrogens (primary N) is 2. The molecule has 1 aromatic carbocycles. The van der Waals surface area contributed by atoms with Gasteiger partial charge in [0.05, 0.1) is 18.3 Å². The molecule has 1 saturated heterocycles. The van der Waals surface area contributed by atoms with Gasteiger partial charge in [-0.3, -0.25) is 4.79 Å². The minimum Gasteiger partial charge on any atom is -0.408 e. The van der Waals surface area contributed by atoms with Crippen molar-refractivity contribution < 1.29 is 24.0 Å². The van der Waals surface area contributed by atoms with Crippen LogP contribution in [0.2, 0.25) is 0 Å². The van der Waals surface area contributed by atoms with Crippen LogP contribution in [0.4, 0.5) is 9.59 Å². The number of likely N-dealkylation sites (tertiary alicyclic amines) is 1. The van der Waals surface area contributed by atoms with Gasteiger partial charge in [-0.1, -0.05) is 32.9 Å². The Hall–Kier alpha value is -3.53. The molecular weight excluding hydrogens is 474 g/mol. The fourth-order valence-electron chi connectivity index (χ4n) is 5.81. The van der Waals surface area contributed by atoms with Crippen LogP contribution in [0.1, 0.15) is 80.2 Å². The van der Waals surface area contributed by atoms with Crippen LogP contribution in [0.5, 0.6) is 5.75 Å². The molecule has 4 N–H and O–H groups in total. The summed E-state index contributed by atoms with van der Waals surface area (Å²) >= 11 is 0. The molecule has 198 valence electrons. The van der Waals surface area contributed by atoms with Crippen molar-refractivity contribution in [3.05, 3.63) is 41.2 Å². The summed E-state index contributed by atoms with van der Waals surface area (Å²) < 4.78 is 7.94. The molecule has 0 bridgehead atoms. The Morgan fingerprint density at radius 1 is 0.892 bits per heavy atom. The van der Waals surface area contributed by atoms with Gasteiger partial charge in [-0.25, -0.2) is 9.59 Å². The molecule has 3 heterocycles. The molecule has 1 saturated carbocycles. The average molecular weight is 510 g/mol. The third-order valence-corrected chi connectivity index (χ3v) is 7.40. The van der Waals surface area contributed by atoms with Crippen molar-refractivity contribution in [1.82, 2.24) is 14.5 Å². The number of fused-ring (bicyclic) bond motifs is 1. The van der Waals surface area contributed by atoms with Crippen molar-refractivity contribution in [2.75, 3.05) is 19.6 Å². The lowest BCUT2D eigenvalue weighted by Crippen LogP contribution is -2.46. The quantitative estimate of drug-likeness (QED) is 0.622. The molecule has 2 fully saturated rings. The number of amides is 3. The van der Waals surface area contributed by atoms with Crippen LogP contribution in [-0.2, 0) is 11.4 Å². The van der Waals surface area contributed by atoms with Crippen LogP contribution < -0.4 is 16.2 Å². The van der Waals surface area contributed by atoms with E-state index in [9.17, 15) is 14.4 Å². The van der Waals surface area contributed by atoms with Crippen molar-refractivity contribution in [1.29, 1.82) is 0 Å². The fourth-order valence-corrected chi connectivity index (χ4v) is 5.81. The van der Waals surface area contributed by atoms with Crippen molar-refractivity contribution in [2.45, 2.75) is 65.0 Å². The molecule has 1 atom stereocenters. The van der Waals surface area contributed by atoms with Gasteiger partial charge in [0.15, 0.2) is 5.75 Å². The molecular formula is C27H35N5O5. The van der Waals surface area contributed by atoms with E-state index >= 15 is 0 Å². The molecule has 10 nitrogen and oxygen atoms in total. The zero-order valence-electron chi connectivity index (χ0n) is 21.7. The smallest absolute Gasteiger partial charge is 0.408 e. The van der Waals surface area contributed by atoms with E-state index in [1.54, 1.807) is 5.06 Å². The number of carbonyl (C=O) groups excluding carboxylic acids is 3. The van der Waals surface area contributed by atoms with E-state index in [4.69, 9.17) is 21.0 Å². The summed E-state index contributed by atoms with van der Waals surface area (Å²) in [5.74, 6) is 0.711. The zero-order chi connectivity index (χ0) is 26.5. The van der Waals surface area contributed by atoms with Crippen LogP contribution in [0.15, 0.2) is 24.3 Å². The number of aromatic nitrogens is 1. The number of benzene rings is 1. The number of hydrogen-bond acceptors (Lipinski definition) is 6. The first-order valence-electron chi connectivity index (χ1n) is 12.9.